The summed E-state index contributed by atoms with van der Waals surface area (Å²) in [5.41, 5.74) is 0.636. The summed E-state index contributed by atoms with van der Waals surface area (Å²) in [5.74, 6) is -0.168. The molecule has 2 atom stereocenters. The number of alkyl halides is 3. The Bertz CT molecular complexity index is 1350. The van der Waals surface area contributed by atoms with E-state index in [-0.39, 0.29) is 17.4 Å². The van der Waals surface area contributed by atoms with Gasteiger partial charge in [-0.3, -0.25) is 9.78 Å². The van der Waals surface area contributed by atoms with Crippen molar-refractivity contribution in [3.63, 3.8) is 0 Å². The van der Waals surface area contributed by atoms with Crippen molar-refractivity contribution >= 4 is 17.0 Å². The molecule has 0 aromatic carbocycles. The molecule has 29 heavy (non-hydrogen) atoms. The van der Waals surface area contributed by atoms with E-state index >= 15 is 0 Å². The van der Waals surface area contributed by atoms with E-state index in [1.807, 2.05) is 0 Å². The Labute approximate surface area is 163 Å². The maximum absolute atomic E-state index is 12.8. The predicted octanol–water partition coefficient (Wildman–Crippen LogP) is 2.52. The van der Waals surface area contributed by atoms with Crippen LogP contribution in [0.5, 0.6) is 0 Å². The molecular formula is C17H11F3N6O2S. The van der Waals surface area contributed by atoms with Crippen LogP contribution in [0.2, 0.25) is 0 Å². The van der Waals surface area contributed by atoms with Crippen LogP contribution >= 0.6 is 11.3 Å². The number of aromatic nitrogens is 6. The molecule has 0 spiro atoms. The average molecular weight is 420 g/mol. The second-order valence-electron chi connectivity index (χ2n) is 6.68. The molecule has 0 aliphatic heterocycles. The highest BCUT2D eigenvalue weighted by Gasteiger charge is 2.44. The highest BCUT2D eigenvalue weighted by Crippen LogP contribution is 2.57. The van der Waals surface area contributed by atoms with Crippen LogP contribution in [-0.2, 0) is 6.18 Å². The lowest BCUT2D eigenvalue weighted by Crippen LogP contribution is -2.23. The quantitative estimate of drug-likeness (QED) is 0.529. The number of rotatable bonds is 3. The van der Waals surface area contributed by atoms with E-state index in [1.54, 1.807) is 18.5 Å². The number of nitrogens with one attached hydrogen (secondary N) is 2. The van der Waals surface area contributed by atoms with E-state index in [4.69, 9.17) is 0 Å². The lowest BCUT2D eigenvalue weighted by Gasteiger charge is -2.07. The molecule has 1 aliphatic carbocycles. The normalized spacial score (nSPS) is 19.0. The van der Waals surface area contributed by atoms with E-state index in [0.717, 1.165) is 5.56 Å². The molecule has 0 unspecified atom stereocenters. The fourth-order valence-electron chi connectivity index (χ4n) is 3.39. The van der Waals surface area contributed by atoms with Crippen molar-refractivity contribution in [1.29, 1.82) is 0 Å². The van der Waals surface area contributed by atoms with Gasteiger partial charge in [0.1, 0.15) is 0 Å². The first-order valence-corrected chi connectivity index (χ1v) is 9.32. The van der Waals surface area contributed by atoms with Crippen molar-refractivity contribution in [3.8, 4) is 11.3 Å². The standard InChI is InChI=1S/C17H11F3N6O2S/c18-17(19,20)15-22-6-12(29-15)8-3-7(8)9-4-11(25-26-2-1-21-13(9)26)10-5-23-16(28)24-14(10)27/h1-2,4-8H,3H2,(H2,23,24,27,28)/t7-,8-/m0/s1. The summed E-state index contributed by atoms with van der Waals surface area (Å²) in [6.45, 7) is 0. The third-order valence-corrected chi connectivity index (χ3v) is 5.98. The Morgan fingerprint density at radius 2 is 2.03 bits per heavy atom. The van der Waals surface area contributed by atoms with Crippen LogP contribution in [0.4, 0.5) is 13.2 Å². The molecule has 148 valence electrons. The number of thiazole rings is 1. The Balaban J connectivity index is 1.56. The third kappa shape index (κ3) is 3.05. The fourth-order valence-corrected chi connectivity index (χ4v) is 4.35. The molecule has 4 aromatic heterocycles. The fraction of sp³-hybridized carbons (Fsp3) is 0.235. The Morgan fingerprint density at radius 3 is 2.76 bits per heavy atom. The molecule has 1 saturated carbocycles. The lowest BCUT2D eigenvalue weighted by molar-refractivity contribution is -0.137. The number of aromatic amines is 2. The van der Waals surface area contributed by atoms with Gasteiger partial charge < -0.3 is 4.98 Å². The van der Waals surface area contributed by atoms with E-state index in [2.05, 4.69) is 25.0 Å². The second kappa shape index (κ2) is 6.11. The molecule has 2 N–H and O–H groups in total. The van der Waals surface area contributed by atoms with Crippen LogP contribution in [0, 0.1) is 0 Å². The van der Waals surface area contributed by atoms with E-state index in [9.17, 15) is 22.8 Å². The maximum Gasteiger partial charge on any atom is 0.443 e. The van der Waals surface area contributed by atoms with Gasteiger partial charge in [0.2, 0.25) is 0 Å². The molecule has 0 saturated heterocycles. The smallest absolute Gasteiger partial charge is 0.313 e. The van der Waals surface area contributed by atoms with Gasteiger partial charge in [-0.1, -0.05) is 0 Å². The zero-order chi connectivity index (χ0) is 20.3. The Hall–Kier alpha value is -3.28. The monoisotopic (exact) mass is 420 g/mol. The minimum atomic E-state index is -4.46. The molecular weight excluding hydrogens is 409 g/mol. The van der Waals surface area contributed by atoms with Crippen molar-refractivity contribution in [3.05, 3.63) is 67.1 Å². The molecule has 0 amide bonds. The van der Waals surface area contributed by atoms with Crippen LogP contribution in [-0.4, -0.2) is 29.5 Å². The largest absolute Gasteiger partial charge is 0.443 e. The van der Waals surface area contributed by atoms with Crippen LogP contribution in [0.1, 0.15) is 33.7 Å². The number of hydrogen-bond acceptors (Lipinski definition) is 6. The number of imidazole rings is 1. The molecule has 0 radical (unpaired) electrons. The highest BCUT2D eigenvalue weighted by atomic mass is 32.1. The van der Waals surface area contributed by atoms with Gasteiger partial charge in [0, 0.05) is 41.1 Å². The van der Waals surface area contributed by atoms with E-state index < -0.39 is 22.4 Å². The summed E-state index contributed by atoms with van der Waals surface area (Å²) in [5, 5.41) is 3.49. The van der Waals surface area contributed by atoms with Gasteiger partial charge in [0.15, 0.2) is 10.7 Å². The average Bonchev–Trinajstić information content (AvgIpc) is 3.06. The van der Waals surface area contributed by atoms with Gasteiger partial charge in [0.25, 0.3) is 5.56 Å². The van der Waals surface area contributed by atoms with Crippen molar-refractivity contribution in [2.45, 2.75) is 24.4 Å². The number of fused-ring (bicyclic) bond motifs is 1. The van der Waals surface area contributed by atoms with Gasteiger partial charge in [-0.05, 0) is 18.4 Å². The summed E-state index contributed by atoms with van der Waals surface area (Å²) in [7, 11) is 0. The van der Waals surface area contributed by atoms with Gasteiger partial charge in [0.05, 0.1) is 11.3 Å². The van der Waals surface area contributed by atoms with Gasteiger partial charge in [-0.2, -0.15) is 18.3 Å². The van der Waals surface area contributed by atoms with Crippen LogP contribution in [0.3, 0.4) is 0 Å². The van der Waals surface area contributed by atoms with Crippen molar-refractivity contribution in [2.75, 3.05) is 0 Å². The summed E-state index contributed by atoms with van der Waals surface area (Å²) < 4.78 is 40.1. The molecule has 12 heteroatoms. The first-order chi connectivity index (χ1) is 13.8. The Kier molecular flexibility index (Phi) is 3.75. The van der Waals surface area contributed by atoms with Crippen molar-refractivity contribution < 1.29 is 13.2 Å². The topological polar surface area (TPSA) is 109 Å². The minimum absolute atomic E-state index is 0.0648. The first kappa shape index (κ1) is 17.8. The summed E-state index contributed by atoms with van der Waals surface area (Å²) in [6.07, 6.45) is 1.91. The second-order valence-corrected chi connectivity index (χ2v) is 7.74. The Morgan fingerprint density at radius 1 is 1.21 bits per heavy atom. The van der Waals surface area contributed by atoms with Gasteiger partial charge in [-0.25, -0.2) is 19.3 Å². The third-order valence-electron chi connectivity index (χ3n) is 4.80. The highest BCUT2D eigenvalue weighted by molar-refractivity contribution is 7.11. The van der Waals surface area contributed by atoms with Gasteiger partial charge in [-0.15, -0.1) is 11.3 Å². The van der Waals surface area contributed by atoms with E-state index in [1.165, 1.54) is 16.9 Å². The molecule has 4 heterocycles. The number of hydrogen-bond donors (Lipinski definition) is 2. The first-order valence-electron chi connectivity index (χ1n) is 8.51. The molecule has 5 rings (SSSR count). The summed E-state index contributed by atoms with van der Waals surface area (Å²) in [4.78, 5) is 36.3. The molecule has 1 fully saturated rings. The SMILES string of the molecule is O=c1[nH]cc(-c2cc([C@H]3C[C@@H]3c3cnc(C(F)(F)F)s3)c3nccn3n2)c(=O)[nH]1. The maximum atomic E-state index is 12.8. The van der Waals surface area contributed by atoms with Crippen LogP contribution < -0.4 is 11.2 Å². The number of halogens is 3. The minimum Gasteiger partial charge on any atom is -0.313 e. The zero-order valence-corrected chi connectivity index (χ0v) is 15.2. The zero-order valence-electron chi connectivity index (χ0n) is 14.4. The van der Waals surface area contributed by atoms with Crippen molar-refractivity contribution in [1.82, 2.24) is 29.5 Å². The molecule has 8 nitrogen and oxygen atoms in total. The van der Waals surface area contributed by atoms with Crippen LogP contribution in [0.25, 0.3) is 16.9 Å². The molecule has 0 bridgehead atoms. The lowest BCUT2D eigenvalue weighted by atomic mass is 10.1. The molecule has 1 aliphatic rings. The van der Waals surface area contributed by atoms with E-state index in [0.29, 0.717) is 34.0 Å². The summed E-state index contributed by atoms with van der Waals surface area (Å²) in [6, 6.07) is 1.70. The number of nitrogens with zero attached hydrogens (tertiary/aromatic N) is 4. The predicted molar refractivity (Wildman–Crippen MR) is 96.9 cm³/mol. The molecule has 4 aromatic rings. The van der Waals surface area contributed by atoms with Gasteiger partial charge >= 0.3 is 11.9 Å². The number of H-pyrrole nitrogens is 2. The van der Waals surface area contributed by atoms with Crippen LogP contribution in [0.15, 0.2) is 40.4 Å². The summed E-state index contributed by atoms with van der Waals surface area (Å²) >= 11 is 0.647. The van der Waals surface area contributed by atoms with Crippen molar-refractivity contribution in [2.24, 2.45) is 0 Å².